The number of urea groups is 1. The maximum atomic E-state index is 12.7. The van der Waals surface area contributed by atoms with Crippen LogP contribution >= 0.6 is 0 Å². The number of nitrogens with one attached hydrogen (secondary N) is 4. The number of carbonyl (C=O) groups excluding carboxylic acids is 1. The third-order valence-electron chi connectivity index (χ3n) is 4.55. The fraction of sp³-hybridized carbons (Fsp3) is 0.143. The maximum absolute atomic E-state index is 12.7. The number of pyridine rings is 1. The number of halogens is 3. The molecule has 0 unspecified atom stereocenters. The van der Waals surface area contributed by atoms with Gasteiger partial charge in [0, 0.05) is 34.2 Å². The van der Waals surface area contributed by atoms with Crippen molar-refractivity contribution in [2.24, 2.45) is 0 Å². The molecule has 30 heavy (non-hydrogen) atoms. The van der Waals surface area contributed by atoms with Gasteiger partial charge in [-0.2, -0.15) is 13.2 Å². The predicted molar refractivity (Wildman–Crippen MR) is 111 cm³/mol. The Bertz CT molecular complexity index is 1220. The lowest BCUT2D eigenvalue weighted by molar-refractivity contribution is -0.137. The molecule has 0 aliphatic rings. The molecule has 0 aliphatic heterocycles. The third-order valence-corrected chi connectivity index (χ3v) is 4.55. The van der Waals surface area contributed by atoms with Crippen molar-refractivity contribution in [2.75, 3.05) is 17.2 Å². The van der Waals surface area contributed by atoms with Crippen LogP contribution < -0.4 is 16.0 Å². The fourth-order valence-electron chi connectivity index (χ4n) is 3.16. The van der Waals surface area contributed by atoms with Crippen molar-refractivity contribution in [3.8, 4) is 0 Å². The van der Waals surface area contributed by atoms with Crippen molar-refractivity contribution in [3.05, 3.63) is 60.3 Å². The Morgan fingerprint density at radius 2 is 1.70 bits per heavy atom. The summed E-state index contributed by atoms with van der Waals surface area (Å²) in [5.74, 6) is 0. The zero-order valence-corrected chi connectivity index (χ0v) is 15.9. The van der Waals surface area contributed by atoms with Gasteiger partial charge in [0.15, 0.2) is 0 Å². The van der Waals surface area contributed by atoms with E-state index in [1.54, 1.807) is 12.3 Å². The summed E-state index contributed by atoms with van der Waals surface area (Å²) in [5, 5.41) is 10.2. The second kappa shape index (κ2) is 7.58. The molecule has 154 valence electrons. The molecule has 4 aromatic rings. The molecule has 0 fully saturated rings. The number of nitrogens with zero attached hydrogens (tertiary/aromatic N) is 1. The average Bonchev–Trinajstić information content (AvgIpc) is 3.05. The minimum Gasteiger partial charge on any atom is -0.354 e. The molecule has 0 spiro atoms. The van der Waals surface area contributed by atoms with Crippen LogP contribution in [0.1, 0.15) is 12.5 Å². The van der Waals surface area contributed by atoms with E-state index in [0.717, 1.165) is 28.4 Å². The van der Waals surface area contributed by atoms with E-state index in [2.05, 4.69) is 25.9 Å². The van der Waals surface area contributed by atoms with Gasteiger partial charge in [0.25, 0.3) is 0 Å². The van der Waals surface area contributed by atoms with Crippen molar-refractivity contribution in [3.63, 3.8) is 0 Å². The van der Waals surface area contributed by atoms with Gasteiger partial charge in [0.05, 0.1) is 17.4 Å². The van der Waals surface area contributed by atoms with Crippen molar-refractivity contribution >= 4 is 45.0 Å². The number of benzene rings is 2. The molecule has 2 aromatic carbocycles. The molecule has 4 rings (SSSR count). The number of amides is 2. The van der Waals surface area contributed by atoms with Gasteiger partial charge in [-0.1, -0.05) is 0 Å². The van der Waals surface area contributed by atoms with Crippen molar-refractivity contribution in [1.29, 1.82) is 0 Å². The molecule has 0 radical (unpaired) electrons. The lowest BCUT2D eigenvalue weighted by Gasteiger charge is -2.09. The number of hydrogen-bond acceptors (Lipinski definition) is 3. The second-order valence-electron chi connectivity index (χ2n) is 6.69. The van der Waals surface area contributed by atoms with Gasteiger partial charge in [0.2, 0.25) is 0 Å². The minimum absolute atomic E-state index is 0.292. The van der Waals surface area contributed by atoms with Gasteiger partial charge in [0.1, 0.15) is 5.65 Å². The maximum Gasteiger partial charge on any atom is 0.416 e. The largest absolute Gasteiger partial charge is 0.416 e. The molecule has 6 nitrogen and oxygen atoms in total. The van der Waals surface area contributed by atoms with Gasteiger partial charge >= 0.3 is 12.2 Å². The molecule has 2 amide bonds. The summed E-state index contributed by atoms with van der Waals surface area (Å²) in [4.78, 5) is 19.4. The number of rotatable bonds is 4. The first-order valence-electron chi connectivity index (χ1n) is 9.24. The molecular weight excluding hydrogens is 395 g/mol. The number of carbonyl (C=O) groups is 1. The summed E-state index contributed by atoms with van der Waals surface area (Å²) in [5.41, 5.74) is 2.59. The van der Waals surface area contributed by atoms with Gasteiger partial charge in [-0.15, -0.1) is 0 Å². The zero-order chi connectivity index (χ0) is 21.3. The molecule has 0 bridgehead atoms. The Morgan fingerprint density at radius 1 is 1.00 bits per heavy atom. The highest BCUT2D eigenvalue weighted by molar-refractivity contribution is 6.08. The molecule has 0 saturated heterocycles. The average molecular weight is 413 g/mol. The Labute approximate surface area is 169 Å². The van der Waals surface area contributed by atoms with Crippen molar-refractivity contribution in [1.82, 2.24) is 15.3 Å². The highest BCUT2D eigenvalue weighted by Gasteiger charge is 2.29. The van der Waals surface area contributed by atoms with Crippen LogP contribution in [-0.4, -0.2) is 22.5 Å². The van der Waals surface area contributed by atoms with E-state index in [0.29, 0.717) is 29.3 Å². The quantitative estimate of drug-likeness (QED) is 0.351. The topological polar surface area (TPSA) is 81.8 Å². The van der Waals surface area contributed by atoms with E-state index in [9.17, 15) is 18.0 Å². The molecule has 0 saturated carbocycles. The van der Waals surface area contributed by atoms with Crippen molar-refractivity contribution in [2.45, 2.75) is 13.1 Å². The van der Waals surface area contributed by atoms with E-state index >= 15 is 0 Å². The lowest BCUT2D eigenvalue weighted by atomic mass is 10.1. The van der Waals surface area contributed by atoms with Crippen LogP contribution in [0.2, 0.25) is 0 Å². The summed E-state index contributed by atoms with van der Waals surface area (Å²) in [6.07, 6.45) is -2.77. The monoisotopic (exact) mass is 413 g/mol. The number of H-pyrrole nitrogens is 1. The summed E-state index contributed by atoms with van der Waals surface area (Å²) in [6.45, 7) is 2.35. The number of alkyl halides is 3. The normalized spacial score (nSPS) is 11.6. The van der Waals surface area contributed by atoms with E-state index < -0.39 is 11.7 Å². The number of hydrogen-bond donors (Lipinski definition) is 4. The van der Waals surface area contributed by atoms with Gasteiger partial charge < -0.3 is 20.9 Å². The lowest BCUT2D eigenvalue weighted by Crippen LogP contribution is -2.28. The van der Waals surface area contributed by atoms with E-state index in [1.807, 2.05) is 25.1 Å². The van der Waals surface area contributed by atoms with Crippen LogP contribution in [0.4, 0.5) is 35.0 Å². The Kier molecular flexibility index (Phi) is 4.94. The Morgan fingerprint density at radius 3 is 2.40 bits per heavy atom. The number of aromatic nitrogens is 2. The van der Waals surface area contributed by atoms with Crippen LogP contribution in [-0.2, 0) is 6.18 Å². The van der Waals surface area contributed by atoms with Gasteiger partial charge in [-0.25, -0.2) is 9.78 Å². The predicted octanol–water partition coefficient (Wildman–Crippen LogP) is 5.62. The first-order valence-corrected chi connectivity index (χ1v) is 9.24. The van der Waals surface area contributed by atoms with Crippen LogP contribution in [0.5, 0.6) is 0 Å². The number of anilines is 3. The minimum atomic E-state index is -4.37. The summed E-state index contributed by atoms with van der Waals surface area (Å²) < 4.78 is 38.2. The third kappa shape index (κ3) is 4.00. The van der Waals surface area contributed by atoms with Crippen LogP contribution in [0.25, 0.3) is 21.9 Å². The van der Waals surface area contributed by atoms with E-state index in [1.165, 1.54) is 12.1 Å². The van der Waals surface area contributed by atoms with Crippen LogP contribution in [0.3, 0.4) is 0 Å². The van der Waals surface area contributed by atoms with Crippen LogP contribution in [0.15, 0.2) is 54.7 Å². The standard InChI is InChI=1S/C21H18F3N5O/c1-2-25-20(30)28-14-7-8-18-16(9-14)17-10-15(11-26-19(17)29-18)27-13-5-3-12(4-6-13)21(22,23)24/h3-11,27H,2H2,1H3,(H,26,29)(H2,25,28,30). The molecule has 9 heteroatoms. The molecule has 2 aromatic heterocycles. The number of aromatic amines is 1. The first-order chi connectivity index (χ1) is 14.3. The molecule has 0 aliphatic carbocycles. The molecule has 2 heterocycles. The zero-order valence-electron chi connectivity index (χ0n) is 15.9. The molecular formula is C21H18F3N5O. The Hall–Kier alpha value is -3.75. The SMILES string of the molecule is CCNC(=O)Nc1ccc2[nH]c3ncc(Nc4ccc(C(F)(F)F)cc4)cc3c2c1. The van der Waals surface area contributed by atoms with Crippen molar-refractivity contribution < 1.29 is 18.0 Å². The highest BCUT2D eigenvalue weighted by Crippen LogP contribution is 2.32. The fourth-order valence-corrected chi connectivity index (χ4v) is 3.16. The summed E-state index contributed by atoms with van der Waals surface area (Å²) >= 11 is 0. The summed E-state index contributed by atoms with van der Waals surface area (Å²) in [7, 11) is 0. The Balaban J connectivity index is 1.63. The van der Waals surface area contributed by atoms with Gasteiger partial charge in [-0.05, 0) is 55.5 Å². The number of fused-ring (bicyclic) bond motifs is 3. The summed E-state index contributed by atoms with van der Waals surface area (Å²) in [6, 6.07) is 11.8. The molecule has 0 atom stereocenters. The first kappa shape index (κ1) is 19.6. The van der Waals surface area contributed by atoms with E-state index in [-0.39, 0.29) is 6.03 Å². The molecule has 4 N–H and O–H groups in total. The van der Waals surface area contributed by atoms with E-state index in [4.69, 9.17) is 0 Å². The van der Waals surface area contributed by atoms with Crippen LogP contribution in [0, 0.1) is 0 Å². The smallest absolute Gasteiger partial charge is 0.354 e. The second-order valence-corrected chi connectivity index (χ2v) is 6.69. The van der Waals surface area contributed by atoms with Gasteiger partial charge in [-0.3, -0.25) is 0 Å². The highest BCUT2D eigenvalue weighted by atomic mass is 19.4.